The number of carbonyl (C=O) groups is 1. The van der Waals surface area contributed by atoms with Crippen molar-refractivity contribution < 1.29 is 14.3 Å². The molecule has 0 atom stereocenters. The second-order valence-electron chi connectivity index (χ2n) is 8.28. The zero-order chi connectivity index (χ0) is 20.7. The number of carbonyl (C=O) groups excluding carboxylic acids is 1. The molecule has 7 nitrogen and oxygen atoms in total. The first-order valence-electron chi connectivity index (χ1n) is 10.1. The van der Waals surface area contributed by atoms with Crippen LogP contribution < -0.4 is 14.4 Å². The van der Waals surface area contributed by atoms with E-state index in [0.717, 1.165) is 46.9 Å². The van der Waals surface area contributed by atoms with Gasteiger partial charge in [-0.3, -0.25) is 4.79 Å². The van der Waals surface area contributed by atoms with E-state index in [2.05, 4.69) is 40.8 Å². The third kappa shape index (κ3) is 3.56. The Morgan fingerprint density at radius 3 is 2.87 bits per heavy atom. The van der Waals surface area contributed by atoms with Gasteiger partial charge in [0.1, 0.15) is 22.6 Å². The van der Waals surface area contributed by atoms with E-state index in [9.17, 15) is 4.79 Å². The van der Waals surface area contributed by atoms with Crippen molar-refractivity contribution in [3.05, 3.63) is 41.5 Å². The van der Waals surface area contributed by atoms with E-state index in [0.29, 0.717) is 18.8 Å². The predicted octanol–water partition coefficient (Wildman–Crippen LogP) is 3.13. The topological polar surface area (TPSA) is 67.8 Å². The second-order valence-corrected chi connectivity index (χ2v) is 9.17. The first-order valence-corrected chi connectivity index (χ1v) is 11.0. The van der Waals surface area contributed by atoms with Crippen LogP contribution in [0.25, 0.3) is 10.2 Å². The van der Waals surface area contributed by atoms with Gasteiger partial charge in [-0.2, -0.15) is 0 Å². The van der Waals surface area contributed by atoms with Crippen molar-refractivity contribution in [2.75, 3.05) is 37.7 Å². The number of thiophene rings is 1. The quantitative estimate of drug-likeness (QED) is 0.641. The molecule has 0 bridgehead atoms. The lowest BCUT2D eigenvalue weighted by Crippen LogP contribution is -2.50. The van der Waals surface area contributed by atoms with Crippen LogP contribution in [0.5, 0.6) is 11.5 Å². The molecule has 2 aromatic heterocycles. The number of benzene rings is 1. The van der Waals surface area contributed by atoms with Crippen LogP contribution in [0, 0.1) is 0 Å². The second kappa shape index (κ2) is 7.43. The molecule has 156 valence electrons. The van der Waals surface area contributed by atoms with E-state index >= 15 is 0 Å². The molecule has 1 saturated heterocycles. The van der Waals surface area contributed by atoms with Crippen LogP contribution in [0.4, 0.5) is 5.82 Å². The Labute approximate surface area is 179 Å². The molecule has 0 N–H and O–H groups in total. The number of anilines is 1. The van der Waals surface area contributed by atoms with Gasteiger partial charge in [0.15, 0.2) is 18.1 Å². The zero-order valence-electron chi connectivity index (χ0n) is 17.1. The molecule has 4 heterocycles. The van der Waals surface area contributed by atoms with Crippen LogP contribution in [0.1, 0.15) is 19.4 Å². The van der Waals surface area contributed by atoms with Crippen molar-refractivity contribution in [3.8, 4) is 11.5 Å². The SMILES string of the molecule is CC1(C)Cc2cccc(OCC(=O)N3CCN(c4ncnc5sccc45)CC3)c2O1. The molecule has 0 radical (unpaired) electrons. The van der Waals surface area contributed by atoms with Crippen molar-refractivity contribution in [1.29, 1.82) is 0 Å². The van der Waals surface area contributed by atoms with Gasteiger partial charge in [-0.05, 0) is 31.4 Å². The number of aromatic nitrogens is 2. The highest BCUT2D eigenvalue weighted by Gasteiger charge is 2.32. The molecule has 5 rings (SSSR count). The molecule has 8 heteroatoms. The van der Waals surface area contributed by atoms with Crippen LogP contribution in [0.3, 0.4) is 0 Å². The molecule has 1 amide bonds. The highest BCUT2D eigenvalue weighted by atomic mass is 32.1. The van der Waals surface area contributed by atoms with E-state index in [4.69, 9.17) is 9.47 Å². The lowest BCUT2D eigenvalue weighted by Gasteiger charge is -2.35. The van der Waals surface area contributed by atoms with Crippen LogP contribution in [0.2, 0.25) is 0 Å². The molecule has 0 saturated carbocycles. The van der Waals surface area contributed by atoms with Crippen molar-refractivity contribution in [2.45, 2.75) is 25.9 Å². The Morgan fingerprint density at radius 1 is 1.20 bits per heavy atom. The Balaban J connectivity index is 1.20. The molecule has 0 spiro atoms. The van der Waals surface area contributed by atoms with E-state index < -0.39 is 0 Å². The smallest absolute Gasteiger partial charge is 0.260 e. The van der Waals surface area contributed by atoms with Gasteiger partial charge in [0.05, 0.1) is 5.39 Å². The number of nitrogens with zero attached hydrogens (tertiary/aromatic N) is 4. The van der Waals surface area contributed by atoms with Crippen LogP contribution >= 0.6 is 11.3 Å². The van der Waals surface area contributed by atoms with E-state index in [1.807, 2.05) is 22.4 Å². The molecule has 3 aromatic rings. The van der Waals surface area contributed by atoms with Crippen LogP contribution in [-0.2, 0) is 11.2 Å². The van der Waals surface area contributed by atoms with Crippen LogP contribution in [0.15, 0.2) is 36.0 Å². The predicted molar refractivity (Wildman–Crippen MR) is 117 cm³/mol. The van der Waals surface area contributed by atoms with E-state index in [1.54, 1.807) is 17.7 Å². The number of fused-ring (bicyclic) bond motifs is 2. The molecule has 2 aliphatic heterocycles. The Hall–Kier alpha value is -2.87. The summed E-state index contributed by atoms with van der Waals surface area (Å²) in [6.07, 6.45) is 2.46. The molecule has 30 heavy (non-hydrogen) atoms. The fourth-order valence-corrected chi connectivity index (χ4v) is 4.86. The highest BCUT2D eigenvalue weighted by molar-refractivity contribution is 7.16. The summed E-state index contributed by atoms with van der Waals surface area (Å²) < 4.78 is 11.9. The number of amides is 1. The molecule has 1 fully saturated rings. The summed E-state index contributed by atoms with van der Waals surface area (Å²) in [6, 6.07) is 7.93. The first kappa shape index (κ1) is 19.1. The Kier molecular flexibility index (Phi) is 4.73. The fraction of sp³-hybridized carbons (Fsp3) is 0.409. The number of piperazine rings is 1. The van der Waals surface area contributed by atoms with E-state index in [1.165, 1.54) is 0 Å². The number of hydrogen-bond donors (Lipinski definition) is 0. The summed E-state index contributed by atoms with van der Waals surface area (Å²) in [5, 5.41) is 3.11. The van der Waals surface area contributed by atoms with Gasteiger partial charge >= 0.3 is 0 Å². The summed E-state index contributed by atoms with van der Waals surface area (Å²) in [5.41, 5.74) is 0.889. The van der Waals surface area contributed by atoms with Crippen molar-refractivity contribution in [1.82, 2.24) is 14.9 Å². The summed E-state index contributed by atoms with van der Waals surface area (Å²) >= 11 is 1.61. The third-order valence-corrected chi connectivity index (χ3v) is 6.40. The third-order valence-electron chi connectivity index (χ3n) is 5.58. The summed E-state index contributed by atoms with van der Waals surface area (Å²) in [4.78, 5) is 26.6. The van der Waals surface area contributed by atoms with Gasteiger partial charge in [0, 0.05) is 38.2 Å². The minimum atomic E-state index is -0.239. The minimum Gasteiger partial charge on any atom is -0.483 e. The normalized spacial score (nSPS) is 17.7. The fourth-order valence-electron chi connectivity index (χ4n) is 4.13. The maximum Gasteiger partial charge on any atom is 0.260 e. The number of hydrogen-bond acceptors (Lipinski definition) is 7. The van der Waals surface area contributed by atoms with Gasteiger partial charge in [-0.1, -0.05) is 12.1 Å². The Bertz CT molecular complexity index is 1090. The summed E-state index contributed by atoms with van der Waals surface area (Å²) in [6.45, 7) is 6.91. The molecule has 0 aliphatic carbocycles. The van der Waals surface area contributed by atoms with E-state index in [-0.39, 0.29) is 18.1 Å². The lowest BCUT2D eigenvalue weighted by molar-refractivity contribution is -0.133. The Morgan fingerprint density at radius 2 is 2.03 bits per heavy atom. The maximum atomic E-state index is 12.7. The average molecular weight is 425 g/mol. The number of para-hydroxylation sites is 1. The average Bonchev–Trinajstić information content (AvgIpc) is 3.34. The molecule has 1 aromatic carbocycles. The maximum absolute atomic E-state index is 12.7. The van der Waals surface area contributed by atoms with Crippen molar-refractivity contribution >= 4 is 33.3 Å². The van der Waals surface area contributed by atoms with Gasteiger partial charge in [0.2, 0.25) is 0 Å². The summed E-state index contributed by atoms with van der Waals surface area (Å²) in [7, 11) is 0. The van der Waals surface area contributed by atoms with Gasteiger partial charge in [-0.25, -0.2) is 9.97 Å². The molecule has 0 unspecified atom stereocenters. The zero-order valence-corrected chi connectivity index (χ0v) is 17.9. The molecular weight excluding hydrogens is 400 g/mol. The van der Waals surface area contributed by atoms with Gasteiger partial charge < -0.3 is 19.3 Å². The lowest BCUT2D eigenvalue weighted by atomic mass is 10.0. The van der Waals surface area contributed by atoms with Crippen molar-refractivity contribution in [2.24, 2.45) is 0 Å². The monoisotopic (exact) mass is 424 g/mol. The number of ether oxygens (including phenoxy) is 2. The molecule has 2 aliphatic rings. The summed E-state index contributed by atoms with van der Waals surface area (Å²) in [5.74, 6) is 2.35. The van der Waals surface area contributed by atoms with Crippen molar-refractivity contribution in [3.63, 3.8) is 0 Å². The number of rotatable bonds is 4. The van der Waals surface area contributed by atoms with Gasteiger partial charge in [0.25, 0.3) is 5.91 Å². The molecular formula is C22H24N4O3S. The van der Waals surface area contributed by atoms with Gasteiger partial charge in [-0.15, -0.1) is 11.3 Å². The first-order chi connectivity index (χ1) is 14.5. The standard InChI is InChI=1S/C22H24N4O3S/c1-22(2)12-15-4-3-5-17(19(15)29-22)28-13-18(27)25-7-9-26(10-8-25)20-16-6-11-30-21(16)24-14-23-20/h3-6,11,14H,7-10,12-13H2,1-2H3. The minimum absolute atomic E-state index is 0.00659. The van der Waals surface area contributed by atoms with Crippen LogP contribution in [-0.4, -0.2) is 59.2 Å². The largest absolute Gasteiger partial charge is 0.483 e. The highest BCUT2D eigenvalue weighted by Crippen LogP contribution is 2.41.